The molecule has 1 N–H and O–H groups in total. The van der Waals surface area contributed by atoms with Crippen LogP contribution in [0.25, 0.3) is 0 Å². The van der Waals surface area contributed by atoms with Crippen molar-refractivity contribution in [2.45, 2.75) is 51.6 Å². The predicted octanol–water partition coefficient (Wildman–Crippen LogP) is 3.73. The minimum Gasteiger partial charge on any atom is -0.392 e. The number of aliphatic hydroxyl groups excluding tert-OH is 1. The zero-order valence-corrected chi connectivity index (χ0v) is 11.8. The molecular weight excluding hydrogens is 234 g/mol. The Labute approximate surface area is 116 Å². The first-order chi connectivity index (χ1) is 9.33. The molecule has 2 fully saturated rings. The fourth-order valence-electron chi connectivity index (χ4n) is 3.98. The summed E-state index contributed by atoms with van der Waals surface area (Å²) in [5, 5.41) is 9.46. The van der Waals surface area contributed by atoms with Crippen LogP contribution in [0.5, 0.6) is 0 Å². The third kappa shape index (κ3) is 2.64. The maximum absolute atomic E-state index is 9.46. The van der Waals surface area contributed by atoms with Gasteiger partial charge in [-0.1, -0.05) is 37.5 Å². The summed E-state index contributed by atoms with van der Waals surface area (Å²) in [6.45, 7) is 2.48. The molecule has 104 valence electrons. The van der Waals surface area contributed by atoms with E-state index in [-0.39, 0.29) is 6.61 Å². The Morgan fingerprint density at radius 3 is 2.32 bits per heavy atom. The molecule has 2 aliphatic rings. The summed E-state index contributed by atoms with van der Waals surface area (Å²) < 4.78 is 0. The van der Waals surface area contributed by atoms with E-state index in [1.165, 1.54) is 50.6 Å². The maximum atomic E-state index is 9.46. The molecule has 1 spiro atoms. The van der Waals surface area contributed by atoms with Gasteiger partial charge in [0.1, 0.15) is 0 Å². The molecule has 0 bridgehead atoms. The minimum absolute atomic E-state index is 0.151. The van der Waals surface area contributed by atoms with Crippen molar-refractivity contribution < 1.29 is 5.11 Å². The number of rotatable bonds is 2. The van der Waals surface area contributed by atoms with E-state index in [2.05, 4.69) is 17.0 Å². The lowest BCUT2D eigenvalue weighted by molar-refractivity contribution is 0.144. The zero-order chi connectivity index (χ0) is 13.1. The number of hydrogen-bond acceptors (Lipinski definition) is 2. The van der Waals surface area contributed by atoms with Gasteiger partial charge in [-0.15, -0.1) is 0 Å². The van der Waals surface area contributed by atoms with Crippen molar-refractivity contribution in [1.29, 1.82) is 0 Å². The smallest absolute Gasteiger partial charge is 0.0702 e. The topological polar surface area (TPSA) is 23.5 Å². The summed E-state index contributed by atoms with van der Waals surface area (Å²) in [4.78, 5) is 2.48. The molecule has 1 aromatic rings. The van der Waals surface area contributed by atoms with E-state index in [1.807, 2.05) is 12.1 Å². The summed E-state index contributed by atoms with van der Waals surface area (Å²) in [6.07, 6.45) is 9.89. The number of nitrogens with zero attached hydrogens (tertiary/aromatic N) is 1. The maximum Gasteiger partial charge on any atom is 0.0702 e. The molecule has 0 amide bonds. The third-order valence-corrected chi connectivity index (χ3v) is 5.24. The molecule has 2 nitrogen and oxygen atoms in total. The lowest BCUT2D eigenvalue weighted by atomic mass is 9.68. The number of para-hydroxylation sites is 1. The summed E-state index contributed by atoms with van der Waals surface area (Å²) in [5.41, 5.74) is 2.97. The summed E-state index contributed by atoms with van der Waals surface area (Å²) in [7, 11) is 0. The van der Waals surface area contributed by atoms with E-state index < -0.39 is 0 Å². The molecule has 1 aliphatic heterocycles. The molecule has 1 heterocycles. The van der Waals surface area contributed by atoms with E-state index in [4.69, 9.17) is 0 Å². The first-order valence-electron chi connectivity index (χ1n) is 7.77. The van der Waals surface area contributed by atoms with Crippen LogP contribution >= 0.6 is 0 Å². The molecule has 1 aromatic carbocycles. The van der Waals surface area contributed by atoms with Gasteiger partial charge in [0.25, 0.3) is 0 Å². The van der Waals surface area contributed by atoms with Crippen LogP contribution in [0.4, 0.5) is 5.69 Å². The van der Waals surface area contributed by atoms with E-state index in [1.54, 1.807) is 0 Å². The van der Waals surface area contributed by atoms with Gasteiger partial charge >= 0.3 is 0 Å². The first kappa shape index (κ1) is 13.0. The van der Waals surface area contributed by atoms with Gasteiger partial charge in [-0.2, -0.15) is 0 Å². The number of anilines is 1. The van der Waals surface area contributed by atoms with Crippen LogP contribution in [0.15, 0.2) is 24.3 Å². The van der Waals surface area contributed by atoms with Gasteiger partial charge in [-0.25, -0.2) is 0 Å². The second kappa shape index (κ2) is 5.54. The highest BCUT2D eigenvalue weighted by molar-refractivity contribution is 5.53. The van der Waals surface area contributed by atoms with Crippen LogP contribution in [0.3, 0.4) is 0 Å². The lowest BCUT2D eigenvalue weighted by Crippen LogP contribution is -2.41. The quantitative estimate of drug-likeness (QED) is 0.874. The highest BCUT2D eigenvalue weighted by atomic mass is 16.3. The minimum atomic E-state index is 0.151. The molecule has 19 heavy (non-hydrogen) atoms. The molecule has 1 saturated carbocycles. The van der Waals surface area contributed by atoms with Gasteiger partial charge < -0.3 is 10.0 Å². The number of piperidine rings is 1. The summed E-state index contributed by atoms with van der Waals surface area (Å²) >= 11 is 0. The van der Waals surface area contributed by atoms with Crippen LogP contribution in [0, 0.1) is 5.41 Å². The highest BCUT2D eigenvalue weighted by Gasteiger charge is 2.35. The number of benzene rings is 1. The van der Waals surface area contributed by atoms with Gasteiger partial charge in [-0.05, 0) is 37.2 Å². The molecule has 1 aliphatic carbocycles. The molecule has 0 aromatic heterocycles. The molecule has 1 saturated heterocycles. The average Bonchev–Trinajstić information content (AvgIpc) is 2.49. The SMILES string of the molecule is OCc1ccccc1N1CCC2(CCCCC2)CC1. The molecular formula is C17H25NO. The third-order valence-electron chi connectivity index (χ3n) is 5.24. The Bertz CT molecular complexity index is 413. The van der Waals surface area contributed by atoms with Crippen molar-refractivity contribution in [3.05, 3.63) is 29.8 Å². The average molecular weight is 259 g/mol. The van der Waals surface area contributed by atoms with E-state index in [0.29, 0.717) is 5.41 Å². The predicted molar refractivity (Wildman–Crippen MR) is 79.3 cm³/mol. The van der Waals surface area contributed by atoms with E-state index in [9.17, 15) is 5.11 Å². The first-order valence-corrected chi connectivity index (χ1v) is 7.77. The van der Waals surface area contributed by atoms with Gasteiger partial charge in [-0.3, -0.25) is 0 Å². The van der Waals surface area contributed by atoms with Gasteiger partial charge in [0.05, 0.1) is 6.61 Å². The molecule has 3 rings (SSSR count). The van der Waals surface area contributed by atoms with Crippen molar-refractivity contribution in [3.8, 4) is 0 Å². The van der Waals surface area contributed by atoms with Crippen LogP contribution in [0.1, 0.15) is 50.5 Å². The Morgan fingerprint density at radius 1 is 0.947 bits per heavy atom. The fraction of sp³-hybridized carbons (Fsp3) is 0.647. The zero-order valence-electron chi connectivity index (χ0n) is 11.8. The summed E-state index contributed by atoms with van der Waals surface area (Å²) in [6, 6.07) is 8.30. The van der Waals surface area contributed by atoms with Crippen molar-refractivity contribution in [1.82, 2.24) is 0 Å². The van der Waals surface area contributed by atoms with Crippen molar-refractivity contribution in [3.63, 3.8) is 0 Å². The normalized spacial score (nSPS) is 22.7. The summed E-state index contributed by atoms with van der Waals surface area (Å²) in [5.74, 6) is 0. The van der Waals surface area contributed by atoms with E-state index in [0.717, 1.165) is 18.7 Å². The molecule has 0 radical (unpaired) electrons. The largest absolute Gasteiger partial charge is 0.392 e. The molecule has 0 atom stereocenters. The van der Waals surface area contributed by atoms with Crippen molar-refractivity contribution in [2.75, 3.05) is 18.0 Å². The lowest BCUT2D eigenvalue weighted by Gasteiger charge is -2.45. The van der Waals surface area contributed by atoms with Crippen LogP contribution in [-0.2, 0) is 6.61 Å². The standard InChI is InChI=1S/C17H25NO/c19-14-15-6-2-3-7-16(15)18-12-10-17(11-13-18)8-4-1-5-9-17/h2-3,6-7,19H,1,4-5,8-14H2. The van der Waals surface area contributed by atoms with Crippen molar-refractivity contribution >= 4 is 5.69 Å². The number of aliphatic hydroxyl groups is 1. The van der Waals surface area contributed by atoms with Crippen molar-refractivity contribution in [2.24, 2.45) is 5.41 Å². The number of hydrogen-bond donors (Lipinski definition) is 1. The van der Waals surface area contributed by atoms with Gasteiger partial charge in [0.2, 0.25) is 0 Å². The monoisotopic (exact) mass is 259 g/mol. The molecule has 0 unspecified atom stereocenters. The second-order valence-corrected chi connectivity index (χ2v) is 6.33. The van der Waals surface area contributed by atoms with Gasteiger partial charge in [0, 0.05) is 24.3 Å². The van der Waals surface area contributed by atoms with Crippen LogP contribution < -0.4 is 4.90 Å². The Morgan fingerprint density at radius 2 is 1.63 bits per heavy atom. The Kier molecular flexibility index (Phi) is 3.79. The fourth-order valence-corrected chi connectivity index (χ4v) is 3.98. The Balaban J connectivity index is 1.69. The van der Waals surface area contributed by atoms with Crippen LogP contribution in [-0.4, -0.2) is 18.2 Å². The second-order valence-electron chi connectivity index (χ2n) is 6.33. The van der Waals surface area contributed by atoms with Gasteiger partial charge in [0.15, 0.2) is 0 Å². The Hall–Kier alpha value is -1.02. The van der Waals surface area contributed by atoms with Crippen LogP contribution in [0.2, 0.25) is 0 Å². The highest BCUT2D eigenvalue weighted by Crippen LogP contribution is 2.45. The van der Waals surface area contributed by atoms with E-state index >= 15 is 0 Å². The molecule has 2 heteroatoms.